The third-order valence-electron chi connectivity index (χ3n) is 3.80. The van der Waals surface area contributed by atoms with E-state index >= 15 is 0 Å². The lowest BCUT2D eigenvalue weighted by atomic mass is 9.99. The second-order valence-corrected chi connectivity index (χ2v) is 5.47. The van der Waals surface area contributed by atoms with E-state index in [1.165, 1.54) is 36.9 Å². The molecule has 2 rings (SSSR count). The van der Waals surface area contributed by atoms with E-state index in [-0.39, 0.29) is 0 Å². The summed E-state index contributed by atoms with van der Waals surface area (Å²) in [6.07, 6.45) is 5.13. The molecule has 2 nitrogen and oxygen atoms in total. The molecule has 1 aromatic rings. The molecule has 1 atom stereocenters. The predicted molar refractivity (Wildman–Crippen MR) is 79.5 cm³/mol. The number of rotatable bonds is 4. The molecule has 1 fully saturated rings. The maximum atomic E-state index is 6.45. The van der Waals surface area contributed by atoms with E-state index in [1.807, 2.05) is 7.05 Å². The zero-order valence-corrected chi connectivity index (χ0v) is 12.1. The van der Waals surface area contributed by atoms with Crippen molar-refractivity contribution in [3.8, 4) is 0 Å². The molecule has 1 aliphatic rings. The Labute approximate surface area is 115 Å². The molecule has 1 aromatic carbocycles. The van der Waals surface area contributed by atoms with Crippen molar-refractivity contribution in [3.63, 3.8) is 0 Å². The Balaban J connectivity index is 2.21. The van der Waals surface area contributed by atoms with Crippen molar-refractivity contribution in [2.45, 2.75) is 45.2 Å². The fraction of sp³-hybridized carbons (Fsp3) is 0.600. The SMILES string of the molecule is CCC1CCCCN1c1ccc(CNC)cc1Cl. The average Bonchev–Trinajstić information content (AvgIpc) is 2.39. The predicted octanol–water partition coefficient (Wildman–Crippen LogP) is 3.83. The first-order valence-electron chi connectivity index (χ1n) is 6.96. The van der Waals surface area contributed by atoms with Crippen LogP contribution in [0.25, 0.3) is 0 Å². The smallest absolute Gasteiger partial charge is 0.0642 e. The van der Waals surface area contributed by atoms with Crippen LogP contribution < -0.4 is 10.2 Å². The van der Waals surface area contributed by atoms with Crippen LogP contribution in [-0.4, -0.2) is 19.6 Å². The van der Waals surface area contributed by atoms with Crippen LogP contribution in [0.1, 0.15) is 38.2 Å². The average molecular weight is 267 g/mol. The van der Waals surface area contributed by atoms with Gasteiger partial charge >= 0.3 is 0 Å². The van der Waals surface area contributed by atoms with Crippen LogP contribution in [0, 0.1) is 0 Å². The molecule has 0 radical (unpaired) electrons. The molecule has 0 spiro atoms. The molecular formula is C15H23ClN2. The van der Waals surface area contributed by atoms with E-state index in [1.54, 1.807) is 0 Å². The summed E-state index contributed by atoms with van der Waals surface area (Å²) in [6.45, 7) is 4.28. The van der Waals surface area contributed by atoms with E-state index in [9.17, 15) is 0 Å². The number of nitrogens with one attached hydrogen (secondary N) is 1. The van der Waals surface area contributed by atoms with E-state index in [2.05, 4.69) is 35.3 Å². The van der Waals surface area contributed by atoms with Crippen LogP contribution in [0.15, 0.2) is 18.2 Å². The first-order valence-corrected chi connectivity index (χ1v) is 7.33. The molecule has 1 N–H and O–H groups in total. The van der Waals surface area contributed by atoms with Crippen molar-refractivity contribution in [2.75, 3.05) is 18.5 Å². The van der Waals surface area contributed by atoms with Crippen molar-refractivity contribution in [3.05, 3.63) is 28.8 Å². The lowest BCUT2D eigenvalue weighted by Crippen LogP contribution is -2.39. The fourth-order valence-electron chi connectivity index (χ4n) is 2.84. The second kappa shape index (κ2) is 6.44. The van der Waals surface area contributed by atoms with Gasteiger partial charge in [-0.25, -0.2) is 0 Å². The molecule has 0 amide bonds. The third-order valence-corrected chi connectivity index (χ3v) is 4.10. The summed E-state index contributed by atoms with van der Waals surface area (Å²) in [4.78, 5) is 2.50. The highest BCUT2D eigenvalue weighted by Gasteiger charge is 2.22. The van der Waals surface area contributed by atoms with Gasteiger partial charge in [0.05, 0.1) is 10.7 Å². The number of hydrogen-bond acceptors (Lipinski definition) is 2. The van der Waals surface area contributed by atoms with E-state index in [0.717, 1.165) is 18.1 Å². The Morgan fingerprint density at radius 3 is 2.89 bits per heavy atom. The van der Waals surface area contributed by atoms with Gasteiger partial charge in [-0.05, 0) is 50.4 Å². The van der Waals surface area contributed by atoms with Crippen molar-refractivity contribution < 1.29 is 0 Å². The lowest BCUT2D eigenvalue weighted by Gasteiger charge is -2.37. The summed E-state index contributed by atoms with van der Waals surface area (Å²) in [5.41, 5.74) is 2.46. The number of anilines is 1. The summed E-state index contributed by atoms with van der Waals surface area (Å²) in [6, 6.07) is 7.11. The maximum Gasteiger partial charge on any atom is 0.0642 e. The van der Waals surface area contributed by atoms with Crippen molar-refractivity contribution in [1.82, 2.24) is 5.32 Å². The number of hydrogen-bond donors (Lipinski definition) is 1. The molecule has 0 aromatic heterocycles. The monoisotopic (exact) mass is 266 g/mol. The highest BCUT2D eigenvalue weighted by atomic mass is 35.5. The van der Waals surface area contributed by atoms with Gasteiger partial charge in [0, 0.05) is 19.1 Å². The van der Waals surface area contributed by atoms with Gasteiger partial charge in [-0.15, -0.1) is 0 Å². The topological polar surface area (TPSA) is 15.3 Å². The van der Waals surface area contributed by atoms with Gasteiger partial charge < -0.3 is 10.2 Å². The van der Waals surface area contributed by atoms with Crippen molar-refractivity contribution >= 4 is 17.3 Å². The van der Waals surface area contributed by atoms with Crippen molar-refractivity contribution in [2.24, 2.45) is 0 Å². The van der Waals surface area contributed by atoms with Crippen molar-refractivity contribution in [1.29, 1.82) is 0 Å². The maximum absolute atomic E-state index is 6.45. The number of piperidine rings is 1. The fourth-order valence-corrected chi connectivity index (χ4v) is 3.15. The lowest BCUT2D eigenvalue weighted by molar-refractivity contribution is 0.450. The molecule has 3 heteroatoms. The van der Waals surface area contributed by atoms with E-state index in [4.69, 9.17) is 11.6 Å². The van der Waals surface area contributed by atoms with Gasteiger partial charge in [0.15, 0.2) is 0 Å². The number of halogens is 1. The molecule has 1 saturated heterocycles. The Morgan fingerprint density at radius 1 is 1.39 bits per heavy atom. The summed E-state index contributed by atoms with van der Waals surface area (Å²) in [5, 5.41) is 4.05. The number of benzene rings is 1. The summed E-state index contributed by atoms with van der Waals surface area (Å²) >= 11 is 6.45. The first-order chi connectivity index (χ1) is 8.76. The van der Waals surface area contributed by atoms with Crippen LogP contribution in [0.3, 0.4) is 0 Å². The van der Waals surface area contributed by atoms with Gasteiger partial charge in [-0.1, -0.05) is 24.6 Å². The molecule has 1 unspecified atom stereocenters. The Kier molecular flexibility index (Phi) is 4.90. The van der Waals surface area contributed by atoms with Gasteiger partial charge in [0.2, 0.25) is 0 Å². The van der Waals surface area contributed by atoms with E-state index < -0.39 is 0 Å². The Bertz CT molecular complexity index is 392. The highest BCUT2D eigenvalue weighted by Crippen LogP contribution is 2.32. The Hall–Kier alpha value is -0.730. The molecule has 0 aliphatic carbocycles. The zero-order valence-electron chi connectivity index (χ0n) is 11.4. The van der Waals surface area contributed by atoms with Crippen LogP contribution >= 0.6 is 11.6 Å². The molecule has 18 heavy (non-hydrogen) atoms. The van der Waals surface area contributed by atoms with Gasteiger partial charge in [0.1, 0.15) is 0 Å². The molecule has 0 bridgehead atoms. The minimum atomic E-state index is 0.659. The third kappa shape index (κ3) is 2.99. The first kappa shape index (κ1) is 13.7. The zero-order chi connectivity index (χ0) is 13.0. The normalized spacial score (nSPS) is 20.2. The largest absolute Gasteiger partial charge is 0.367 e. The molecular weight excluding hydrogens is 244 g/mol. The minimum absolute atomic E-state index is 0.659. The highest BCUT2D eigenvalue weighted by molar-refractivity contribution is 6.33. The molecule has 0 saturated carbocycles. The van der Waals surface area contributed by atoms with Crippen LogP contribution in [0.5, 0.6) is 0 Å². The molecule has 1 heterocycles. The Morgan fingerprint density at radius 2 is 2.22 bits per heavy atom. The van der Waals surface area contributed by atoms with Gasteiger partial charge in [0.25, 0.3) is 0 Å². The van der Waals surface area contributed by atoms with Crippen LogP contribution in [0.4, 0.5) is 5.69 Å². The van der Waals surface area contributed by atoms with E-state index in [0.29, 0.717) is 6.04 Å². The van der Waals surface area contributed by atoms with Crippen LogP contribution in [-0.2, 0) is 6.54 Å². The molecule has 1 aliphatic heterocycles. The quantitative estimate of drug-likeness (QED) is 0.891. The second-order valence-electron chi connectivity index (χ2n) is 5.07. The summed E-state index contributed by atoms with van der Waals surface area (Å²) in [5.74, 6) is 0. The summed E-state index contributed by atoms with van der Waals surface area (Å²) in [7, 11) is 1.96. The number of nitrogens with zero attached hydrogens (tertiary/aromatic N) is 1. The minimum Gasteiger partial charge on any atom is -0.367 e. The summed E-state index contributed by atoms with van der Waals surface area (Å²) < 4.78 is 0. The standard InChI is InChI=1S/C15H23ClN2/c1-3-13-6-4-5-9-18(13)15-8-7-12(11-17-2)10-14(15)16/h7-8,10,13,17H,3-6,9,11H2,1-2H3. The molecule has 100 valence electrons. The van der Waals surface area contributed by atoms with Gasteiger partial charge in [-0.3, -0.25) is 0 Å². The van der Waals surface area contributed by atoms with Gasteiger partial charge in [-0.2, -0.15) is 0 Å². The van der Waals surface area contributed by atoms with Crippen LogP contribution in [0.2, 0.25) is 5.02 Å².